The zero-order valence-corrected chi connectivity index (χ0v) is 11.8. The summed E-state index contributed by atoms with van der Waals surface area (Å²) in [6.45, 7) is 10.1. The molecule has 0 fully saturated rings. The van der Waals surface area contributed by atoms with E-state index in [2.05, 4.69) is 57.3 Å². The van der Waals surface area contributed by atoms with Crippen molar-refractivity contribution in [2.24, 2.45) is 5.92 Å². The van der Waals surface area contributed by atoms with Gasteiger partial charge in [-0.05, 0) is 44.2 Å². The lowest BCUT2D eigenvalue weighted by atomic mass is 9.92. The third kappa shape index (κ3) is 4.91. The average Bonchev–Trinajstić information content (AvgIpc) is 2.33. The van der Waals surface area contributed by atoms with Crippen LogP contribution in [0, 0.1) is 12.8 Å². The highest BCUT2D eigenvalue weighted by Crippen LogP contribution is 2.15. The summed E-state index contributed by atoms with van der Waals surface area (Å²) in [4.78, 5) is 0. The van der Waals surface area contributed by atoms with Gasteiger partial charge in [0, 0.05) is 6.04 Å². The summed E-state index contributed by atoms with van der Waals surface area (Å²) in [6.07, 6.45) is 3.61. The topological polar surface area (TPSA) is 12.0 Å². The molecule has 1 rings (SSSR count). The minimum atomic E-state index is 0.649. The molecule has 17 heavy (non-hydrogen) atoms. The van der Waals surface area contributed by atoms with E-state index in [9.17, 15) is 0 Å². The van der Waals surface area contributed by atoms with Gasteiger partial charge in [0.2, 0.25) is 0 Å². The first-order chi connectivity index (χ1) is 8.17. The van der Waals surface area contributed by atoms with Gasteiger partial charge in [-0.25, -0.2) is 0 Å². The molecule has 0 saturated heterocycles. The molecule has 1 aromatic carbocycles. The Labute approximate surface area is 107 Å². The molecule has 2 atom stereocenters. The molecule has 0 amide bonds. The van der Waals surface area contributed by atoms with Crippen LogP contribution < -0.4 is 5.32 Å². The van der Waals surface area contributed by atoms with E-state index in [-0.39, 0.29) is 0 Å². The molecule has 96 valence electrons. The Kier molecular flexibility index (Phi) is 6.28. The Hall–Kier alpha value is -0.820. The lowest BCUT2D eigenvalue weighted by molar-refractivity contribution is 0.364. The van der Waals surface area contributed by atoms with E-state index in [1.807, 2.05) is 0 Å². The Morgan fingerprint density at radius 3 is 2.29 bits per heavy atom. The van der Waals surface area contributed by atoms with E-state index in [0.717, 1.165) is 6.54 Å². The first-order valence-electron chi connectivity index (χ1n) is 6.96. The maximum absolute atomic E-state index is 3.65. The van der Waals surface area contributed by atoms with Crippen molar-refractivity contribution in [1.82, 2.24) is 5.32 Å². The van der Waals surface area contributed by atoms with Gasteiger partial charge < -0.3 is 5.32 Å². The van der Waals surface area contributed by atoms with Crippen LogP contribution >= 0.6 is 0 Å². The quantitative estimate of drug-likeness (QED) is 0.752. The fourth-order valence-electron chi connectivity index (χ4n) is 2.32. The second kappa shape index (κ2) is 7.50. The summed E-state index contributed by atoms with van der Waals surface area (Å²) in [6, 6.07) is 9.60. The second-order valence-corrected chi connectivity index (χ2v) is 5.14. The smallest absolute Gasteiger partial charge is 0.00932 e. The predicted molar refractivity (Wildman–Crippen MR) is 76.4 cm³/mol. The van der Waals surface area contributed by atoms with Crippen LogP contribution in [0.1, 0.15) is 44.7 Å². The normalized spacial score (nSPS) is 14.6. The van der Waals surface area contributed by atoms with Crippen LogP contribution in [0.3, 0.4) is 0 Å². The Bertz CT molecular complexity index is 302. The summed E-state index contributed by atoms with van der Waals surface area (Å²) in [5.41, 5.74) is 2.80. The standard InChI is InChI=1S/C16H27N/c1-5-11-17-16(6-2)14(4)12-15-9-7-13(3)8-10-15/h7-10,14,16-17H,5-6,11-12H2,1-4H3. The Morgan fingerprint density at radius 1 is 1.12 bits per heavy atom. The number of rotatable bonds is 7. The number of benzene rings is 1. The third-order valence-electron chi connectivity index (χ3n) is 3.46. The van der Waals surface area contributed by atoms with Crippen LogP contribution in [0.2, 0.25) is 0 Å². The Balaban J connectivity index is 2.51. The summed E-state index contributed by atoms with van der Waals surface area (Å²) in [5.74, 6) is 0.703. The molecular formula is C16H27N. The molecule has 0 aliphatic heterocycles. The molecule has 1 nitrogen and oxygen atoms in total. The zero-order chi connectivity index (χ0) is 12.7. The van der Waals surface area contributed by atoms with Crippen molar-refractivity contribution in [2.45, 2.75) is 53.0 Å². The van der Waals surface area contributed by atoms with Crippen molar-refractivity contribution < 1.29 is 0 Å². The van der Waals surface area contributed by atoms with Gasteiger partial charge in [-0.15, -0.1) is 0 Å². The van der Waals surface area contributed by atoms with Gasteiger partial charge >= 0.3 is 0 Å². The lowest BCUT2D eigenvalue weighted by Crippen LogP contribution is -2.35. The highest BCUT2D eigenvalue weighted by atomic mass is 14.9. The van der Waals surface area contributed by atoms with E-state index in [1.165, 1.54) is 30.4 Å². The molecule has 0 bridgehead atoms. The van der Waals surface area contributed by atoms with E-state index in [1.54, 1.807) is 0 Å². The van der Waals surface area contributed by atoms with Gasteiger partial charge in [0.05, 0.1) is 0 Å². The number of aryl methyl sites for hydroxylation is 1. The largest absolute Gasteiger partial charge is 0.314 e. The maximum atomic E-state index is 3.65. The number of hydrogen-bond acceptors (Lipinski definition) is 1. The van der Waals surface area contributed by atoms with E-state index < -0.39 is 0 Å². The van der Waals surface area contributed by atoms with Crippen LogP contribution in [0.25, 0.3) is 0 Å². The monoisotopic (exact) mass is 233 g/mol. The van der Waals surface area contributed by atoms with E-state index in [4.69, 9.17) is 0 Å². The molecule has 1 heteroatoms. The van der Waals surface area contributed by atoms with Gasteiger partial charge in [0.25, 0.3) is 0 Å². The van der Waals surface area contributed by atoms with Crippen molar-refractivity contribution in [2.75, 3.05) is 6.54 Å². The number of nitrogens with one attached hydrogen (secondary N) is 1. The molecule has 0 spiro atoms. The molecule has 0 aromatic heterocycles. The highest BCUT2D eigenvalue weighted by molar-refractivity contribution is 5.21. The van der Waals surface area contributed by atoms with Gasteiger partial charge in [0.1, 0.15) is 0 Å². The minimum absolute atomic E-state index is 0.649. The first kappa shape index (κ1) is 14.2. The molecule has 1 aromatic rings. The van der Waals surface area contributed by atoms with Gasteiger partial charge in [-0.1, -0.05) is 50.6 Å². The highest BCUT2D eigenvalue weighted by Gasteiger charge is 2.14. The third-order valence-corrected chi connectivity index (χ3v) is 3.46. The van der Waals surface area contributed by atoms with Crippen molar-refractivity contribution in [3.63, 3.8) is 0 Å². The van der Waals surface area contributed by atoms with Crippen LogP contribution in [0.15, 0.2) is 24.3 Å². The minimum Gasteiger partial charge on any atom is -0.314 e. The second-order valence-electron chi connectivity index (χ2n) is 5.14. The van der Waals surface area contributed by atoms with Crippen LogP contribution in [-0.2, 0) is 6.42 Å². The van der Waals surface area contributed by atoms with Gasteiger partial charge in [0.15, 0.2) is 0 Å². The van der Waals surface area contributed by atoms with Crippen LogP contribution in [0.4, 0.5) is 0 Å². The van der Waals surface area contributed by atoms with E-state index >= 15 is 0 Å². The van der Waals surface area contributed by atoms with Crippen molar-refractivity contribution in [1.29, 1.82) is 0 Å². The van der Waals surface area contributed by atoms with Gasteiger partial charge in [-0.3, -0.25) is 0 Å². The molecule has 0 aliphatic carbocycles. The van der Waals surface area contributed by atoms with Crippen molar-refractivity contribution >= 4 is 0 Å². The summed E-state index contributed by atoms with van der Waals surface area (Å²) in [5, 5.41) is 3.65. The predicted octanol–water partition coefficient (Wildman–Crippen LogP) is 3.95. The SMILES string of the molecule is CCCNC(CC)C(C)Cc1ccc(C)cc1. The zero-order valence-electron chi connectivity index (χ0n) is 11.8. The summed E-state index contributed by atoms with van der Waals surface area (Å²) in [7, 11) is 0. The summed E-state index contributed by atoms with van der Waals surface area (Å²) < 4.78 is 0. The van der Waals surface area contributed by atoms with Crippen molar-refractivity contribution in [3.8, 4) is 0 Å². The fourth-order valence-corrected chi connectivity index (χ4v) is 2.32. The molecule has 0 saturated carbocycles. The van der Waals surface area contributed by atoms with Crippen molar-refractivity contribution in [3.05, 3.63) is 35.4 Å². The molecule has 1 N–H and O–H groups in total. The van der Waals surface area contributed by atoms with Crippen LogP contribution in [0.5, 0.6) is 0 Å². The Morgan fingerprint density at radius 2 is 1.76 bits per heavy atom. The molecule has 2 unspecified atom stereocenters. The van der Waals surface area contributed by atoms with Crippen LogP contribution in [-0.4, -0.2) is 12.6 Å². The first-order valence-corrected chi connectivity index (χ1v) is 6.96. The average molecular weight is 233 g/mol. The fraction of sp³-hybridized carbons (Fsp3) is 0.625. The molecule has 0 heterocycles. The van der Waals surface area contributed by atoms with E-state index in [0.29, 0.717) is 12.0 Å². The summed E-state index contributed by atoms with van der Waals surface area (Å²) >= 11 is 0. The van der Waals surface area contributed by atoms with Gasteiger partial charge in [-0.2, -0.15) is 0 Å². The maximum Gasteiger partial charge on any atom is 0.00932 e. The molecular weight excluding hydrogens is 206 g/mol. The molecule has 0 aliphatic rings. The molecule has 0 radical (unpaired) electrons. The number of hydrogen-bond donors (Lipinski definition) is 1. The lowest BCUT2D eigenvalue weighted by Gasteiger charge is -2.24.